The Morgan fingerprint density at radius 3 is 2.68 bits per heavy atom. The SMILES string of the molecule is COc1cc(Cl)c(C)cc1NC(=O)Cn1c(C)cccc1=O. The second-order valence-corrected chi connectivity index (χ2v) is 5.35. The van der Waals surface area contributed by atoms with Crippen molar-refractivity contribution in [3.8, 4) is 5.75 Å². The maximum atomic E-state index is 12.2. The molecule has 1 N–H and O–H groups in total. The number of anilines is 1. The third-order valence-corrected chi connectivity index (χ3v) is 3.73. The van der Waals surface area contributed by atoms with Crippen LogP contribution in [0, 0.1) is 13.8 Å². The summed E-state index contributed by atoms with van der Waals surface area (Å²) in [5, 5.41) is 3.31. The molecular formula is C16H17ClN2O3. The number of nitrogens with one attached hydrogen (secondary N) is 1. The Bertz CT molecular complexity index is 768. The molecule has 0 aliphatic rings. The van der Waals surface area contributed by atoms with Gasteiger partial charge in [0.05, 0.1) is 12.8 Å². The summed E-state index contributed by atoms with van der Waals surface area (Å²) in [6.45, 7) is 3.56. The predicted octanol–water partition coefficient (Wildman–Crippen LogP) is 2.77. The number of aryl methyl sites for hydroxylation is 2. The minimum atomic E-state index is -0.309. The number of nitrogens with zero attached hydrogens (tertiary/aromatic N) is 1. The quantitative estimate of drug-likeness (QED) is 0.942. The number of halogens is 1. The average Bonchev–Trinajstić information content (AvgIpc) is 2.46. The van der Waals surface area contributed by atoms with Crippen LogP contribution in [0.15, 0.2) is 35.1 Å². The van der Waals surface area contributed by atoms with Crippen molar-refractivity contribution in [2.45, 2.75) is 20.4 Å². The van der Waals surface area contributed by atoms with Gasteiger partial charge in [0.2, 0.25) is 5.91 Å². The molecule has 22 heavy (non-hydrogen) atoms. The molecule has 0 saturated heterocycles. The van der Waals surface area contributed by atoms with Crippen LogP contribution in [-0.4, -0.2) is 17.6 Å². The number of hydrogen-bond donors (Lipinski definition) is 1. The third kappa shape index (κ3) is 3.49. The zero-order valence-electron chi connectivity index (χ0n) is 12.6. The lowest BCUT2D eigenvalue weighted by atomic mass is 10.2. The Hall–Kier alpha value is -2.27. The lowest BCUT2D eigenvalue weighted by Gasteiger charge is -2.13. The number of aromatic nitrogens is 1. The molecule has 0 bridgehead atoms. The van der Waals surface area contributed by atoms with Gasteiger partial charge in [0, 0.05) is 22.8 Å². The molecule has 116 valence electrons. The summed E-state index contributed by atoms with van der Waals surface area (Å²) in [6, 6.07) is 8.25. The second kappa shape index (κ2) is 6.66. The highest BCUT2D eigenvalue weighted by molar-refractivity contribution is 6.31. The monoisotopic (exact) mass is 320 g/mol. The van der Waals surface area contributed by atoms with Crippen LogP contribution in [0.3, 0.4) is 0 Å². The first-order valence-electron chi connectivity index (χ1n) is 6.73. The Morgan fingerprint density at radius 2 is 2.05 bits per heavy atom. The summed E-state index contributed by atoms with van der Waals surface area (Å²) in [5.74, 6) is 0.164. The predicted molar refractivity (Wildman–Crippen MR) is 86.8 cm³/mol. The number of methoxy groups -OCH3 is 1. The summed E-state index contributed by atoms with van der Waals surface area (Å²) in [4.78, 5) is 24.0. The van der Waals surface area contributed by atoms with Gasteiger partial charge >= 0.3 is 0 Å². The van der Waals surface area contributed by atoms with Crippen LogP contribution in [0.1, 0.15) is 11.3 Å². The third-order valence-electron chi connectivity index (χ3n) is 3.32. The number of amides is 1. The van der Waals surface area contributed by atoms with Crippen LogP contribution in [0.4, 0.5) is 5.69 Å². The van der Waals surface area contributed by atoms with Crippen molar-refractivity contribution in [1.82, 2.24) is 4.57 Å². The first-order chi connectivity index (χ1) is 10.4. The van der Waals surface area contributed by atoms with Gasteiger partial charge < -0.3 is 14.6 Å². The van der Waals surface area contributed by atoms with E-state index in [9.17, 15) is 9.59 Å². The number of benzene rings is 1. The summed E-state index contributed by atoms with van der Waals surface area (Å²) < 4.78 is 6.62. The smallest absolute Gasteiger partial charge is 0.251 e. The largest absolute Gasteiger partial charge is 0.495 e. The van der Waals surface area contributed by atoms with Crippen molar-refractivity contribution < 1.29 is 9.53 Å². The molecule has 0 atom stereocenters. The Balaban J connectivity index is 2.23. The van der Waals surface area contributed by atoms with Crippen LogP contribution in [0.25, 0.3) is 0 Å². The summed E-state index contributed by atoms with van der Waals surface area (Å²) >= 11 is 6.03. The molecule has 0 aliphatic heterocycles. The number of carbonyl (C=O) groups is 1. The van der Waals surface area contributed by atoms with Crippen LogP contribution in [0.5, 0.6) is 5.75 Å². The van der Waals surface area contributed by atoms with Gasteiger partial charge in [-0.3, -0.25) is 9.59 Å². The lowest BCUT2D eigenvalue weighted by Crippen LogP contribution is -2.28. The minimum absolute atomic E-state index is 0.0592. The van der Waals surface area contributed by atoms with E-state index in [1.165, 1.54) is 17.7 Å². The van der Waals surface area contributed by atoms with Gasteiger partial charge in [0.15, 0.2) is 0 Å². The van der Waals surface area contributed by atoms with Crippen LogP contribution in [-0.2, 0) is 11.3 Å². The Morgan fingerprint density at radius 1 is 1.32 bits per heavy atom. The molecule has 0 unspecified atom stereocenters. The fourth-order valence-electron chi connectivity index (χ4n) is 2.09. The molecule has 2 aromatic rings. The Kier molecular flexibility index (Phi) is 4.88. The maximum Gasteiger partial charge on any atom is 0.251 e. The number of rotatable bonds is 4. The van der Waals surface area contributed by atoms with E-state index in [0.717, 1.165) is 11.3 Å². The van der Waals surface area contributed by atoms with E-state index in [0.29, 0.717) is 16.5 Å². The number of ether oxygens (including phenoxy) is 1. The van der Waals surface area contributed by atoms with E-state index in [1.807, 2.05) is 6.92 Å². The van der Waals surface area contributed by atoms with Crippen LogP contribution < -0.4 is 15.6 Å². The standard InChI is InChI=1S/C16H17ClN2O3/c1-10-7-13(14(22-3)8-12(10)17)18-15(20)9-19-11(2)5-4-6-16(19)21/h4-8H,9H2,1-3H3,(H,18,20). The molecule has 0 fully saturated rings. The fraction of sp³-hybridized carbons (Fsp3) is 0.250. The molecule has 0 aliphatic carbocycles. The maximum absolute atomic E-state index is 12.2. The average molecular weight is 321 g/mol. The van der Waals surface area contributed by atoms with Crippen LogP contribution in [0.2, 0.25) is 5.02 Å². The van der Waals surface area contributed by atoms with E-state index < -0.39 is 0 Å². The first-order valence-corrected chi connectivity index (χ1v) is 7.10. The fourth-order valence-corrected chi connectivity index (χ4v) is 2.24. The normalized spacial score (nSPS) is 10.4. The minimum Gasteiger partial charge on any atom is -0.495 e. The van der Waals surface area contributed by atoms with Crippen molar-refractivity contribution in [3.05, 3.63) is 57.0 Å². The number of hydrogen-bond acceptors (Lipinski definition) is 3. The molecule has 1 aromatic heterocycles. The molecule has 1 amide bonds. The van der Waals surface area contributed by atoms with Crippen LogP contribution >= 0.6 is 11.6 Å². The number of carbonyl (C=O) groups excluding carboxylic acids is 1. The van der Waals surface area contributed by atoms with Gasteiger partial charge in [-0.15, -0.1) is 0 Å². The highest BCUT2D eigenvalue weighted by atomic mass is 35.5. The van der Waals surface area contributed by atoms with E-state index in [1.54, 1.807) is 31.2 Å². The highest BCUT2D eigenvalue weighted by Crippen LogP contribution is 2.30. The summed E-state index contributed by atoms with van der Waals surface area (Å²) in [5.41, 5.74) is 1.86. The van der Waals surface area contributed by atoms with Gasteiger partial charge in [0.1, 0.15) is 12.3 Å². The molecule has 0 saturated carbocycles. The van der Waals surface area contributed by atoms with E-state index >= 15 is 0 Å². The topological polar surface area (TPSA) is 60.3 Å². The molecule has 1 heterocycles. The highest BCUT2D eigenvalue weighted by Gasteiger charge is 2.12. The molecule has 0 spiro atoms. The van der Waals surface area contributed by atoms with Gasteiger partial charge in [-0.2, -0.15) is 0 Å². The molecule has 2 rings (SSSR count). The van der Waals surface area contributed by atoms with Crippen molar-refractivity contribution in [3.63, 3.8) is 0 Å². The number of pyridine rings is 1. The molecule has 6 heteroatoms. The molecule has 0 radical (unpaired) electrons. The lowest BCUT2D eigenvalue weighted by molar-refractivity contribution is -0.116. The van der Waals surface area contributed by atoms with Crippen molar-refractivity contribution >= 4 is 23.2 Å². The first kappa shape index (κ1) is 16.1. The molecule has 1 aromatic carbocycles. The van der Waals surface area contributed by atoms with Crippen molar-refractivity contribution in [2.75, 3.05) is 12.4 Å². The second-order valence-electron chi connectivity index (χ2n) is 4.94. The van der Waals surface area contributed by atoms with Crippen molar-refractivity contribution in [1.29, 1.82) is 0 Å². The summed E-state index contributed by atoms with van der Waals surface area (Å²) in [6.07, 6.45) is 0. The van der Waals surface area contributed by atoms with Crippen molar-refractivity contribution in [2.24, 2.45) is 0 Å². The van der Waals surface area contributed by atoms with Gasteiger partial charge in [-0.1, -0.05) is 17.7 Å². The van der Waals surface area contributed by atoms with E-state index in [2.05, 4.69) is 5.32 Å². The van der Waals surface area contributed by atoms with Gasteiger partial charge in [-0.05, 0) is 31.5 Å². The van der Waals surface area contributed by atoms with E-state index in [4.69, 9.17) is 16.3 Å². The Labute approximate surface area is 133 Å². The molecule has 5 nitrogen and oxygen atoms in total. The zero-order chi connectivity index (χ0) is 16.3. The van der Waals surface area contributed by atoms with Gasteiger partial charge in [0.25, 0.3) is 5.56 Å². The molecular weight excluding hydrogens is 304 g/mol. The summed E-state index contributed by atoms with van der Waals surface area (Å²) in [7, 11) is 1.50. The zero-order valence-corrected chi connectivity index (χ0v) is 13.4. The van der Waals surface area contributed by atoms with Gasteiger partial charge in [-0.25, -0.2) is 0 Å². The van der Waals surface area contributed by atoms with E-state index in [-0.39, 0.29) is 18.0 Å².